The first-order valence-electron chi connectivity index (χ1n) is 11.9. The molecule has 10 heteroatoms. The normalized spacial score (nSPS) is 21.7. The number of amides is 1. The lowest BCUT2D eigenvalue weighted by atomic mass is 10.1. The third-order valence-corrected chi connectivity index (χ3v) is 5.65. The van der Waals surface area contributed by atoms with Crippen molar-refractivity contribution in [3.63, 3.8) is 0 Å². The predicted octanol–water partition coefficient (Wildman–Crippen LogP) is 0.171. The van der Waals surface area contributed by atoms with E-state index in [4.69, 9.17) is 14.6 Å². The minimum atomic E-state index is -0.332. The largest absolute Gasteiger partial charge is 0.448 e. The van der Waals surface area contributed by atoms with Gasteiger partial charge in [0, 0.05) is 65.4 Å². The lowest BCUT2D eigenvalue weighted by molar-refractivity contribution is -0.341. The average Bonchev–Trinajstić information content (AvgIpc) is 2.78. The molecule has 2 atom stereocenters. The standard InChI is InChI=1S/C21H44N6O4/c1-19(16-27-13-11-26(2)12-14-27)17-30-31-25-8-6-4-3-5-7-24-21(28)29-18-20-15-22-9-10-23-20/h19-20,22-23,25H,3-18H2,1-2H3,(H,24,28). The Morgan fingerprint density at radius 2 is 1.87 bits per heavy atom. The molecule has 0 bridgehead atoms. The second-order valence-corrected chi connectivity index (χ2v) is 8.77. The first-order chi connectivity index (χ1) is 15.1. The van der Waals surface area contributed by atoms with Gasteiger partial charge < -0.3 is 30.5 Å². The highest BCUT2D eigenvalue weighted by molar-refractivity contribution is 5.67. The van der Waals surface area contributed by atoms with Crippen LogP contribution >= 0.6 is 0 Å². The van der Waals surface area contributed by atoms with Crippen molar-refractivity contribution in [3.05, 3.63) is 0 Å². The number of carbonyl (C=O) groups excluding carboxylic acids is 1. The first kappa shape index (κ1) is 26.2. The van der Waals surface area contributed by atoms with Gasteiger partial charge in [0.2, 0.25) is 0 Å². The van der Waals surface area contributed by atoms with Gasteiger partial charge >= 0.3 is 6.09 Å². The number of ether oxygens (including phenoxy) is 1. The van der Waals surface area contributed by atoms with Crippen LogP contribution in [0.2, 0.25) is 0 Å². The van der Waals surface area contributed by atoms with Crippen LogP contribution in [-0.4, -0.2) is 108 Å². The van der Waals surface area contributed by atoms with Crippen LogP contribution in [0.5, 0.6) is 0 Å². The molecule has 4 N–H and O–H groups in total. The van der Waals surface area contributed by atoms with Crippen molar-refractivity contribution in [2.24, 2.45) is 5.92 Å². The fourth-order valence-corrected chi connectivity index (χ4v) is 3.68. The summed E-state index contributed by atoms with van der Waals surface area (Å²) in [5, 5.41) is 9.39. The SMILES string of the molecule is CC(COONCCCCCCNC(=O)OCC1CNCCN1)CN1CCN(C)CC1. The molecule has 31 heavy (non-hydrogen) atoms. The molecule has 0 aromatic carbocycles. The van der Waals surface area contributed by atoms with E-state index in [0.717, 1.165) is 84.6 Å². The summed E-state index contributed by atoms with van der Waals surface area (Å²) in [6, 6.07) is 0.207. The molecule has 2 rings (SSSR count). The molecule has 1 amide bonds. The van der Waals surface area contributed by atoms with E-state index in [2.05, 4.69) is 45.2 Å². The van der Waals surface area contributed by atoms with Gasteiger partial charge in [-0.05, 0) is 25.8 Å². The van der Waals surface area contributed by atoms with E-state index in [0.29, 0.717) is 25.7 Å². The van der Waals surface area contributed by atoms with Crippen LogP contribution in [0.4, 0.5) is 4.79 Å². The summed E-state index contributed by atoms with van der Waals surface area (Å²) in [4.78, 5) is 26.9. The molecule has 0 radical (unpaired) electrons. The Bertz CT molecular complexity index is 459. The van der Waals surface area contributed by atoms with Crippen molar-refractivity contribution in [1.29, 1.82) is 0 Å². The number of piperazine rings is 2. The van der Waals surface area contributed by atoms with Crippen molar-refractivity contribution in [2.45, 2.75) is 38.6 Å². The van der Waals surface area contributed by atoms with E-state index in [1.807, 2.05) is 0 Å². The molecule has 0 aromatic rings. The fraction of sp³-hybridized carbons (Fsp3) is 0.952. The molecule has 182 valence electrons. The Morgan fingerprint density at radius 1 is 1.10 bits per heavy atom. The predicted molar refractivity (Wildman–Crippen MR) is 121 cm³/mol. The summed E-state index contributed by atoms with van der Waals surface area (Å²) in [5.74, 6) is 0.444. The first-order valence-corrected chi connectivity index (χ1v) is 11.9. The zero-order chi connectivity index (χ0) is 22.2. The minimum Gasteiger partial charge on any atom is -0.448 e. The van der Waals surface area contributed by atoms with Gasteiger partial charge in [-0.15, -0.1) is 4.99 Å². The van der Waals surface area contributed by atoms with Gasteiger partial charge in [-0.3, -0.25) is 0 Å². The fourth-order valence-electron chi connectivity index (χ4n) is 3.68. The summed E-state index contributed by atoms with van der Waals surface area (Å²) in [6.45, 7) is 12.9. The maximum absolute atomic E-state index is 11.7. The maximum Gasteiger partial charge on any atom is 0.407 e. The van der Waals surface area contributed by atoms with Crippen LogP contribution < -0.4 is 21.4 Å². The molecule has 0 spiro atoms. The zero-order valence-electron chi connectivity index (χ0n) is 19.5. The van der Waals surface area contributed by atoms with Gasteiger partial charge in [-0.25, -0.2) is 9.68 Å². The van der Waals surface area contributed by atoms with E-state index in [-0.39, 0.29) is 12.1 Å². The monoisotopic (exact) mass is 444 g/mol. The van der Waals surface area contributed by atoms with Crippen molar-refractivity contribution in [2.75, 3.05) is 85.7 Å². The van der Waals surface area contributed by atoms with E-state index in [1.165, 1.54) is 0 Å². The molecule has 10 nitrogen and oxygen atoms in total. The lowest BCUT2D eigenvalue weighted by Gasteiger charge is -2.33. The zero-order valence-corrected chi connectivity index (χ0v) is 19.5. The summed E-state index contributed by atoms with van der Waals surface area (Å²) in [6.07, 6.45) is 3.75. The van der Waals surface area contributed by atoms with Crippen molar-refractivity contribution in [1.82, 2.24) is 31.2 Å². The van der Waals surface area contributed by atoms with Crippen LogP contribution in [-0.2, 0) is 14.6 Å². The second-order valence-electron chi connectivity index (χ2n) is 8.77. The number of likely N-dealkylation sites (N-methyl/N-ethyl adjacent to an activating group) is 1. The molecule has 0 aliphatic carbocycles. The Balaban J connectivity index is 1.29. The number of nitrogens with one attached hydrogen (secondary N) is 4. The molecule has 2 unspecified atom stereocenters. The molecule has 2 aliphatic heterocycles. The highest BCUT2D eigenvalue weighted by Gasteiger charge is 2.16. The van der Waals surface area contributed by atoms with Gasteiger partial charge in [0.25, 0.3) is 0 Å². The average molecular weight is 445 g/mol. The molecular formula is C21H44N6O4. The minimum absolute atomic E-state index is 0.207. The van der Waals surface area contributed by atoms with Crippen LogP contribution in [0.25, 0.3) is 0 Å². The molecule has 0 aromatic heterocycles. The third-order valence-electron chi connectivity index (χ3n) is 5.65. The molecule has 2 aliphatic rings. The number of hydrogen-bond acceptors (Lipinski definition) is 9. The van der Waals surface area contributed by atoms with Crippen LogP contribution in [0.3, 0.4) is 0 Å². The Morgan fingerprint density at radius 3 is 2.61 bits per heavy atom. The van der Waals surface area contributed by atoms with E-state index in [9.17, 15) is 4.79 Å². The molecule has 2 saturated heterocycles. The van der Waals surface area contributed by atoms with Gasteiger partial charge in [-0.2, -0.15) is 5.48 Å². The lowest BCUT2D eigenvalue weighted by Crippen LogP contribution is -2.51. The van der Waals surface area contributed by atoms with Crippen LogP contribution in [0, 0.1) is 5.92 Å². The number of carbonyl (C=O) groups is 1. The Labute approximate surface area is 187 Å². The van der Waals surface area contributed by atoms with Crippen molar-refractivity contribution >= 4 is 6.09 Å². The van der Waals surface area contributed by atoms with E-state index >= 15 is 0 Å². The number of rotatable bonds is 15. The third kappa shape index (κ3) is 13.2. The summed E-state index contributed by atoms with van der Waals surface area (Å²) >= 11 is 0. The smallest absolute Gasteiger partial charge is 0.407 e. The number of alkyl carbamates (subject to hydrolysis) is 1. The highest BCUT2D eigenvalue weighted by Crippen LogP contribution is 2.05. The van der Waals surface area contributed by atoms with Crippen molar-refractivity contribution in [3.8, 4) is 0 Å². The Kier molecular flexibility index (Phi) is 14.1. The number of unbranched alkanes of at least 4 members (excludes halogenated alkanes) is 3. The number of hydrogen-bond donors (Lipinski definition) is 4. The van der Waals surface area contributed by atoms with Gasteiger partial charge in [0.15, 0.2) is 0 Å². The molecule has 0 saturated carbocycles. The molecular weight excluding hydrogens is 400 g/mol. The quantitative estimate of drug-likeness (QED) is 0.160. The highest BCUT2D eigenvalue weighted by atomic mass is 17.3. The second kappa shape index (κ2) is 16.6. The van der Waals surface area contributed by atoms with Crippen molar-refractivity contribution < 1.29 is 19.4 Å². The topological polar surface area (TPSA) is 99.4 Å². The number of nitrogens with zero attached hydrogens (tertiary/aromatic N) is 2. The Hall–Kier alpha value is -1.01. The van der Waals surface area contributed by atoms with Crippen LogP contribution in [0.1, 0.15) is 32.6 Å². The van der Waals surface area contributed by atoms with Gasteiger partial charge in [0.1, 0.15) is 6.61 Å². The maximum atomic E-state index is 11.7. The van der Waals surface area contributed by atoms with Crippen LogP contribution in [0.15, 0.2) is 0 Å². The van der Waals surface area contributed by atoms with Gasteiger partial charge in [0.05, 0.1) is 12.6 Å². The number of hydroxylamine groups is 1. The van der Waals surface area contributed by atoms with E-state index in [1.54, 1.807) is 0 Å². The van der Waals surface area contributed by atoms with E-state index < -0.39 is 0 Å². The van der Waals surface area contributed by atoms with Gasteiger partial charge in [-0.1, -0.05) is 19.8 Å². The summed E-state index contributed by atoms with van der Waals surface area (Å²) in [7, 11) is 2.17. The summed E-state index contributed by atoms with van der Waals surface area (Å²) < 4.78 is 5.23. The molecule has 2 fully saturated rings. The summed E-state index contributed by atoms with van der Waals surface area (Å²) in [5.41, 5.74) is 2.86. The molecule has 2 heterocycles.